The van der Waals surface area contributed by atoms with Crippen LogP contribution >= 0.6 is 11.3 Å². The molecule has 1 aromatic heterocycles. The number of ether oxygens (including phenoxy) is 1. The summed E-state index contributed by atoms with van der Waals surface area (Å²) in [6.07, 6.45) is 0.192. The van der Waals surface area contributed by atoms with Crippen LogP contribution < -0.4 is 4.90 Å². The average Bonchev–Trinajstić information content (AvgIpc) is 3.14. The van der Waals surface area contributed by atoms with Gasteiger partial charge in [-0.05, 0) is 40.8 Å². The summed E-state index contributed by atoms with van der Waals surface area (Å²) in [6, 6.07) is 15.6. The van der Waals surface area contributed by atoms with E-state index in [1.165, 1.54) is 11.3 Å². The van der Waals surface area contributed by atoms with Crippen LogP contribution in [0.2, 0.25) is 0 Å². The maximum atomic E-state index is 12.6. The molecule has 5 heteroatoms. The molecule has 0 fully saturated rings. The van der Waals surface area contributed by atoms with Gasteiger partial charge in [-0.1, -0.05) is 36.4 Å². The van der Waals surface area contributed by atoms with Crippen molar-refractivity contribution in [1.82, 2.24) is 0 Å². The molecule has 0 radical (unpaired) electrons. The van der Waals surface area contributed by atoms with Gasteiger partial charge in [-0.2, -0.15) is 11.3 Å². The van der Waals surface area contributed by atoms with Gasteiger partial charge in [-0.25, -0.2) is 0 Å². The van der Waals surface area contributed by atoms with Crippen molar-refractivity contribution in [3.8, 4) is 0 Å². The van der Waals surface area contributed by atoms with E-state index in [0.29, 0.717) is 6.54 Å². The van der Waals surface area contributed by atoms with Gasteiger partial charge >= 0.3 is 5.97 Å². The van der Waals surface area contributed by atoms with E-state index in [1.807, 2.05) is 66.2 Å². The maximum Gasteiger partial charge on any atom is 0.310 e. The number of fused-ring (bicyclic) bond motifs is 1. The molecule has 128 valence electrons. The Morgan fingerprint density at radius 3 is 2.64 bits per heavy atom. The fraction of sp³-hybridized carbons (Fsp3) is 0.200. The Labute approximate surface area is 150 Å². The zero-order valence-corrected chi connectivity index (χ0v) is 14.8. The van der Waals surface area contributed by atoms with Crippen molar-refractivity contribution in [2.45, 2.75) is 13.3 Å². The van der Waals surface area contributed by atoms with Crippen molar-refractivity contribution < 1.29 is 14.3 Å². The fourth-order valence-corrected chi connectivity index (χ4v) is 3.42. The Balaban J connectivity index is 1.69. The number of likely N-dealkylation sites (N-methyl/N-ethyl adjacent to an activating group) is 1. The molecule has 25 heavy (non-hydrogen) atoms. The Bertz CT molecular complexity index is 868. The third-order valence-electron chi connectivity index (χ3n) is 3.96. The number of hydrogen-bond acceptors (Lipinski definition) is 4. The van der Waals surface area contributed by atoms with E-state index >= 15 is 0 Å². The molecular formula is C20H19NO3S. The minimum absolute atomic E-state index is 0.192. The second kappa shape index (κ2) is 7.94. The summed E-state index contributed by atoms with van der Waals surface area (Å²) in [7, 11) is 0. The predicted octanol–water partition coefficient (Wildman–Crippen LogP) is 4.04. The second-order valence-corrected chi connectivity index (χ2v) is 6.39. The van der Waals surface area contributed by atoms with Crippen LogP contribution in [0.1, 0.15) is 12.5 Å². The lowest BCUT2D eigenvalue weighted by atomic mass is 10.1. The van der Waals surface area contributed by atoms with E-state index in [4.69, 9.17) is 4.74 Å². The highest BCUT2D eigenvalue weighted by atomic mass is 32.1. The van der Waals surface area contributed by atoms with E-state index in [2.05, 4.69) is 0 Å². The summed E-state index contributed by atoms with van der Waals surface area (Å²) in [5.74, 6) is -0.613. The first kappa shape index (κ1) is 17.2. The van der Waals surface area contributed by atoms with E-state index < -0.39 is 0 Å². The molecule has 0 spiro atoms. The Morgan fingerprint density at radius 1 is 1.08 bits per heavy atom. The summed E-state index contributed by atoms with van der Waals surface area (Å²) in [5.41, 5.74) is 1.74. The van der Waals surface area contributed by atoms with Crippen LogP contribution in [0.25, 0.3) is 10.8 Å². The molecule has 0 aliphatic rings. The molecule has 1 amide bonds. The molecule has 3 rings (SSSR count). The lowest BCUT2D eigenvalue weighted by Gasteiger charge is -2.22. The van der Waals surface area contributed by atoms with Crippen LogP contribution in [0, 0.1) is 0 Å². The van der Waals surface area contributed by atoms with Gasteiger partial charge < -0.3 is 9.64 Å². The first-order valence-electron chi connectivity index (χ1n) is 8.14. The quantitative estimate of drug-likeness (QED) is 0.628. The molecule has 0 bridgehead atoms. The number of esters is 1. The van der Waals surface area contributed by atoms with Crippen molar-refractivity contribution in [3.05, 3.63) is 64.9 Å². The number of carbonyl (C=O) groups excluding carboxylic acids is 2. The van der Waals surface area contributed by atoms with Gasteiger partial charge in [0.15, 0.2) is 6.61 Å². The third kappa shape index (κ3) is 4.06. The second-order valence-electron chi connectivity index (χ2n) is 5.61. The molecule has 0 saturated carbocycles. The van der Waals surface area contributed by atoms with Gasteiger partial charge in [-0.15, -0.1) is 0 Å². The lowest BCUT2D eigenvalue weighted by Crippen LogP contribution is -2.34. The highest BCUT2D eigenvalue weighted by Crippen LogP contribution is 2.26. The number of benzene rings is 2. The van der Waals surface area contributed by atoms with Crippen molar-refractivity contribution in [3.63, 3.8) is 0 Å². The van der Waals surface area contributed by atoms with Crippen LogP contribution in [0.5, 0.6) is 0 Å². The molecule has 0 saturated heterocycles. The van der Waals surface area contributed by atoms with Crippen LogP contribution in [0.4, 0.5) is 5.69 Å². The molecule has 4 nitrogen and oxygen atoms in total. The standard InChI is InChI=1S/C20H19NO3S/c1-2-21(18-9-5-7-16-6-3-4-8-17(16)18)19(22)13-24-20(23)12-15-10-11-25-14-15/h3-11,14H,2,12-13H2,1H3. The first-order valence-corrected chi connectivity index (χ1v) is 9.08. The van der Waals surface area contributed by atoms with Crippen molar-refractivity contribution in [2.24, 2.45) is 0 Å². The summed E-state index contributed by atoms with van der Waals surface area (Å²) >= 11 is 1.53. The van der Waals surface area contributed by atoms with Crippen molar-refractivity contribution in [1.29, 1.82) is 0 Å². The predicted molar refractivity (Wildman–Crippen MR) is 101 cm³/mol. The minimum Gasteiger partial charge on any atom is -0.455 e. The highest BCUT2D eigenvalue weighted by molar-refractivity contribution is 7.08. The average molecular weight is 353 g/mol. The summed E-state index contributed by atoms with van der Waals surface area (Å²) in [6.45, 7) is 2.17. The number of amides is 1. The zero-order chi connectivity index (χ0) is 17.6. The summed E-state index contributed by atoms with van der Waals surface area (Å²) in [4.78, 5) is 26.1. The van der Waals surface area contributed by atoms with Crippen molar-refractivity contribution >= 4 is 39.7 Å². The zero-order valence-electron chi connectivity index (χ0n) is 14.0. The molecule has 0 atom stereocenters. The van der Waals surface area contributed by atoms with E-state index in [9.17, 15) is 9.59 Å². The van der Waals surface area contributed by atoms with Gasteiger partial charge in [0.05, 0.1) is 12.1 Å². The number of nitrogens with zero attached hydrogens (tertiary/aromatic N) is 1. The smallest absolute Gasteiger partial charge is 0.310 e. The van der Waals surface area contributed by atoms with Gasteiger partial charge in [0.1, 0.15) is 0 Å². The van der Waals surface area contributed by atoms with Crippen molar-refractivity contribution in [2.75, 3.05) is 18.1 Å². The number of rotatable bonds is 6. The van der Waals surface area contributed by atoms with E-state index in [1.54, 1.807) is 4.90 Å². The third-order valence-corrected chi connectivity index (χ3v) is 4.69. The van der Waals surface area contributed by atoms with E-state index in [0.717, 1.165) is 22.0 Å². The van der Waals surface area contributed by atoms with E-state index in [-0.39, 0.29) is 24.9 Å². The number of thiophene rings is 1. The molecule has 2 aromatic carbocycles. The largest absolute Gasteiger partial charge is 0.455 e. The first-order chi connectivity index (χ1) is 12.2. The highest BCUT2D eigenvalue weighted by Gasteiger charge is 2.18. The van der Waals surface area contributed by atoms with Crippen LogP contribution in [-0.2, 0) is 20.7 Å². The molecule has 3 aromatic rings. The SMILES string of the molecule is CCN(C(=O)COC(=O)Cc1ccsc1)c1cccc2ccccc12. The normalized spacial score (nSPS) is 10.6. The molecule has 1 heterocycles. The van der Waals surface area contributed by atoms with Crippen LogP contribution in [0.15, 0.2) is 59.3 Å². The Kier molecular flexibility index (Phi) is 5.46. The number of anilines is 1. The van der Waals surface area contributed by atoms with Gasteiger partial charge in [-0.3, -0.25) is 9.59 Å². The fourth-order valence-electron chi connectivity index (χ4n) is 2.76. The molecule has 0 aliphatic heterocycles. The molecule has 0 aliphatic carbocycles. The minimum atomic E-state index is -0.388. The molecular weight excluding hydrogens is 334 g/mol. The Hall–Kier alpha value is -2.66. The summed E-state index contributed by atoms with van der Waals surface area (Å²) < 4.78 is 5.17. The van der Waals surface area contributed by atoms with Gasteiger partial charge in [0, 0.05) is 11.9 Å². The van der Waals surface area contributed by atoms with Crippen LogP contribution in [0.3, 0.4) is 0 Å². The number of carbonyl (C=O) groups is 2. The molecule has 0 N–H and O–H groups in total. The topological polar surface area (TPSA) is 46.6 Å². The summed E-state index contributed by atoms with van der Waals surface area (Å²) in [5, 5.41) is 5.88. The van der Waals surface area contributed by atoms with Gasteiger partial charge in [0.2, 0.25) is 0 Å². The number of hydrogen-bond donors (Lipinski definition) is 0. The maximum absolute atomic E-state index is 12.6. The molecule has 0 unspecified atom stereocenters. The Morgan fingerprint density at radius 2 is 1.88 bits per heavy atom. The monoisotopic (exact) mass is 353 g/mol. The van der Waals surface area contributed by atoms with Crippen LogP contribution in [-0.4, -0.2) is 25.0 Å². The van der Waals surface area contributed by atoms with Gasteiger partial charge in [0.25, 0.3) is 5.91 Å². The lowest BCUT2D eigenvalue weighted by molar-refractivity contribution is -0.147.